The van der Waals surface area contributed by atoms with Crippen LogP contribution in [-0.2, 0) is 27.4 Å². The van der Waals surface area contributed by atoms with Gasteiger partial charge in [-0.05, 0) is 39.8 Å². The molecular formula is C18H19IN2O3. The third-order valence-electron chi connectivity index (χ3n) is 3.41. The van der Waals surface area contributed by atoms with Crippen LogP contribution in [0.4, 0.5) is 0 Å². The van der Waals surface area contributed by atoms with E-state index in [1.54, 1.807) is 0 Å². The Kier molecular flexibility index (Phi) is 7.20. The van der Waals surface area contributed by atoms with Gasteiger partial charge in [0.05, 0.1) is 6.61 Å². The predicted octanol–water partition coefficient (Wildman–Crippen LogP) is 2.02. The summed E-state index contributed by atoms with van der Waals surface area (Å²) in [4.78, 5) is 23.6. The van der Waals surface area contributed by atoms with Crippen LogP contribution < -0.4 is 11.1 Å². The van der Waals surface area contributed by atoms with Gasteiger partial charge < -0.3 is 15.8 Å². The van der Waals surface area contributed by atoms with Crippen molar-refractivity contribution in [3.05, 3.63) is 69.3 Å². The number of nitrogens with one attached hydrogen (secondary N) is 1. The Hall–Kier alpha value is -1.93. The zero-order valence-electron chi connectivity index (χ0n) is 13.1. The predicted molar refractivity (Wildman–Crippen MR) is 100 cm³/mol. The molecule has 0 fully saturated rings. The lowest BCUT2D eigenvalue weighted by atomic mass is 10.1. The molecule has 0 spiro atoms. The molecule has 0 bridgehead atoms. The van der Waals surface area contributed by atoms with Gasteiger partial charge in [-0.1, -0.05) is 48.5 Å². The van der Waals surface area contributed by atoms with E-state index in [0.29, 0.717) is 13.0 Å². The van der Waals surface area contributed by atoms with Crippen molar-refractivity contribution in [1.29, 1.82) is 0 Å². The van der Waals surface area contributed by atoms with Gasteiger partial charge in [-0.3, -0.25) is 9.59 Å². The molecule has 2 aromatic rings. The van der Waals surface area contributed by atoms with Crippen LogP contribution in [-0.4, -0.2) is 24.5 Å². The summed E-state index contributed by atoms with van der Waals surface area (Å²) in [5, 5.41) is 2.64. The second kappa shape index (κ2) is 9.39. The summed E-state index contributed by atoms with van der Waals surface area (Å²) in [7, 11) is 0. The van der Waals surface area contributed by atoms with Crippen molar-refractivity contribution >= 4 is 34.4 Å². The lowest BCUT2D eigenvalue weighted by molar-refractivity contribution is -0.130. The summed E-state index contributed by atoms with van der Waals surface area (Å²) in [5.74, 6) is -0.924. The number of hydrogen-bond acceptors (Lipinski definition) is 3. The van der Waals surface area contributed by atoms with Gasteiger partial charge in [-0.15, -0.1) is 0 Å². The van der Waals surface area contributed by atoms with E-state index >= 15 is 0 Å². The lowest BCUT2D eigenvalue weighted by Gasteiger charge is -2.16. The molecule has 2 rings (SSSR count). The van der Waals surface area contributed by atoms with Crippen molar-refractivity contribution in [3.8, 4) is 0 Å². The van der Waals surface area contributed by atoms with E-state index in [4.69, 9.17) is 10.5 Å². The maximum absolute atomic E-state index is 12.0. The Morgan fingerprint density at radius 2 is 1.75 bits per heavy atom. The molecule has 0 aliphatic heterocycles. The molecule has 0 aliphatic carbocycles. The molecule has 0 aliphatic rings. The van der Waals surface area contributed by atoms with Crippen LogP contribution in [0.5, 0.6) is 0 Å². The SMILES string of the molecule is NC(=O)[C@@H](Cc1ccccc1I)NC(=O)COCc1ccccc1. The zero-order valence-corrected chi connectivity index (χ0v) is 15.2. The third kappa shape index (κ3) is 5.93. The van der Waals surface area contributed by atoms with E-state index in [2.05, 4.69) is 27.9 Å². The van der Waals surface area contributed by atoms with E-state index in [0.717, 1.165) is 14.7 Å². The number of halogens is 1. The summed E-state index contributed by atoms with van der Waals surface area (Å²) in [6.07, 6.45) is 0.360. The highest BCUT2D eigenvalue weighted by atomic mass is 127. The largest absolute Gasteiger partial charge is 0.368 e. The van der Waals surface area contributed by atoms with E-state index in [-0.39, 0.29) is 12.5 Å². The number of hydrogen-bond donors (Lipinski definition) is 2. The number of benzene rings is 2. The van der Waals surface area contributed by atoms with Crippen molar-refractivity contribution in [1.82, 2.24) is 5.32 Å². The molecular weight excluding hydrogens is 419 g/mol. The fraction of sp³-hybridized carbons (Fsp3) is 0.222. The topological polar surface area (TPSA) is 81.4 Å². The number of primary amides is 1. The summed E-state index contributed by atoms with van der Waals surface area (Å²) in [6, 6.07) is 16.5. The Bertz CT molecular complexity index is 692. The summed E-state index contributed by atoms with van der Waals surface area (Å²) in [6.45, 7) is 0.219. The van der Waals surface area contributed by atoms with Gasteiger partial charge in [0, 0.05) is 9.99 Å². The molecule has 2 aromatic carbocycles. The van der Waals surface area contributed by atoms with E-state index in [1.165, 1.54) is 0 Å². The normalized spacial score (nSPS) is 11.7. The Labute approximate surface area is 154 Å². The fourth-order valence-corrected chi connectivity index (χ4v) is 2.79. The van der Waals surface area contributed by atoms with Crippen LogP contribution in [0.25, 0.3) is 0 Å². The molecule has 24 heavy (non-hydrogen) atoms. The van der Waals surface area contributed by atoms with Crippen LogP contribution in [0, 0.1) is 3.57 Å². The van der Waals surface area contributed by atoms with Crippen molar-refractivity contribution in [3.63, 3.8) is 0 Å². The first-order chi connectivity index (χ1) is 11.6. The maximum atomic E-state index is 12.0. The number of rotatable bonds is 8. The fourth-order valence-electron chi connectivity index (χ4n) is 2.18. The van der Waals surface area contributed by atoms with Gasteiger partial charge in [0.15, 0.2) is 0 Å². The Balaban J connectivity index is 1.85. The highest BCUT2D eigenvalue weighted by Gasteiger charge is 2.19. The standard InChI is InChI=1S/C18H19IN2O3/c19-15-9-5-4-8-14(15)10-16(18(20)23)21-17(22)12-24-11-13-6-2-1-3-7-13/h1-9,16H,10-12H2,(H2,20,23)(H,21,22)/t16-/m1/s1. The van der Waals surface area contributed by atoms with Crippen molar-refractivity contribution in [2.75, 3.05) is 6.61 Å². The number of carbonyl (C=O) groups is 2. The van der Waals surface area contributed by atoms with Gasteiger partial charge in [-0.2, -0.15) is 0 Å². The molecule has 0 saturated heterocycles. The molecule has 6 heteroatoms. The van der Waals surface area contributed by atoms with Crippen molar-refractivity contribution < 1.29 is 14.3 Å². The minimum atomic E-state index is -0.756. The van der Waals surface area contributed by atoms with Gasteiger partial charge >= 0.3 is 0 Å². The monoisotopic (exact) mass is 438 g/mol. The summed E-state index contributed by atoms with van der Waals surface area (Å²) >= 11 is 2.19. The quantitative estimate of drug-likeness (QED) is 0.619. The average molecular weight is 438 g/mol. The van der Waals surface area contributed by atoms with Gasteiger partial charge in [0.2, 0.25) is 11.8 Å². The van der Waals surface area contributed by atoms with Crippen LogP contribution >= 0.6 is 22.6 Å². The molecule has 3 N–H and O–H groups in total. The smallest absolute Gasteiger partial charge is 0.246 e. The minimum absolute atomic E-state index is 0.120. The third-order valence-corrected chi connectivity index (χ3v) is 4.46. The number of amides is 2. The first-order valence-corrected chi connectivity index (χ1v) is 8.58. The van der Waals surface area contributed by atoms with Crippen molar-refractivity contribution in [2.45, 2.75) is 19.1 Å². The molecule has 0 aromatic heterocycles. The summed E-state index contributed by atoms with van der Waals surface area (Å²) in [5.41, 5.74) is 7.35. The average Bonchev–Trinajstić information content (AvgIpc) is 2.57. The lowest BCUT2D eigenvalue weighted by Crippen LogP contribution is -2.47. The minimum Gasteiger partial charge on any atom is -0.368 e. The highest BCUT2D eigenvalue weighted by Crippen LogP contribution is 2.13. The zero-order chi connectivity index (χ0) is 17.4. The molecule has 126 valence electrons. The molecule has 0 unspecified atom stereocenters. The molecule has 2 amide bonds. The van der Waals surface area contributed by atoms with Gasteiger partial charge in [0.25, 0.3) is 0 Å². The first kappa shape index (κ1) is 18.4. The van der Waals surface area contributed by atoms with E-state index in [9.17, 15) is 9.59 Å². The molecule has 0 heterocycles. The van der Waals surface area contributed by atoms with Gasteiger partial charge in [-0.25, -0.2) is 0 Å². The van der Waals surface area contributed by atoms with Crippen LogP contribution in [0.3, 0.4) is 0 Å². The van der Waals surface area contributed by atoms with E-state index < -0.39 is 11.9 Å². The Morgan fingerprint density at radius 3 is 2.42 bits per heavy atom. The molecule has 5 nitrogen and oxygen atoms in total. The number of nitrogens with two attached hydrogens (primary N) is 1. The Morgan fingerprint density at radius 1 is 1.08 bits per heavy atom. The van der Waals surface area contributed by atoms with E-state index in [1.807, 2.05) is 54.6 Å². The highest BCUT2D eigenvalue weighted by molar-refractivity contribution is 14.1. The molecule has 0 radical (unpaired) electrons. The number of carbonyl (C=O) groups excluding carboxylic acids is 2. The van der Waals surface area contributed by atoms with Gasteiger partial charge in [0.1, 0.15) is 12.6 Å². The number of ether oxygens (including phenoxy) is 1. The summed E-state index contributed by atoms with van der Waals surface area (Å²) < 4.78 is 6.39. The second-order valence-electron chi connectivity index (χ2n) is 5.30. The first-order valence-electron chi connectivity index (χ1n) is 7.50. The van der Waals surface area contributed by atoms with Crippen LogP contribution in [0.2, 0.25) is 0 Å². The van der Waals surface area contributed by atoms with Crippen LogP contribution in [0.15, 0.2) is 54.6 Å². The second-order valence-corrected chi connectivity index (χ2v) is 6.46. The van der Waals surface area contributed by atoms with Crippen molar-refractivity contribution in [2.24, 2.45) is 5.73 Å². The van der Waals surface area contributed by atoms with Crippen LogP contribution in [0.1, 0.15) is 11.1 Å². The molecule has 0 saturated carbocycles. The molecule has 1 atom stereocenters. The maximum Gasteiger partial charge on any atom is 0.246 e.